The molecule has 2 N–H and O–H groups in total. The average Bonchev–Trinajstić information content (AvgIpc) is 3.05. The van der Waals surface area contributed by atoms with E-state index < -0.39 is 5.60 Å². The zero-order valence-corrected chi connectivity index (χ0v) is 11.8. The van der Waals surface area contributed by atoms with Gasteiger partial charge in [0.2, 0.25) is 6.79 Å². The third-order valence-electron chi connectivity index (χ3n) is 3.95. The Labute approximate surface area is 118 Å². The maximum atomic E-state index is 10.4. The van der Waals surface area contributed by atoms with Gasteiger partial charge in [0.05, 0.1) is 5.60 Å². The lowest BCUT2D eigenvalue weighted by atomic mass is 10.0. The highest BCUT2D eigenvalue weighted by Gasteiger charge is 2.32. The molecular formula is C15H21NO4. The Morgan fingerprint density at radius 3 is 2.65 bits per heavy atom. The second kappa shape index (κ2) is 5.50. The van der Waals surface area contributed by atoms with Crippen molar-refractivity contribution in [3.63, 3.8) is 0 Å². The molecule has 0 unspecified atom stereocenters. The van der Waals surface area contributed by atoms with Gasteiger partial charge < -0.3 is 24.6 Å². The highest BCUT2D eigenvalue weighted by Crippen LogP contribution is 2.39. The van der Waals surface area contributed by atoms with Gasteiger partial charge in [0.25, 0.3) is 0 Å². The number of benzene rings is 1. The second-order valence-corrected chi connectivity index (χ2v) is 5.56. The summed E-state index contributed by atoms with van der Waals surface area (Å²) in [6, 6.07) is 3.79. The van der Waals surface area contributed by atoms with E-state index >= 15 is 0 Å². The summed E-state index contributed by atoms with van der Waals surface area (Å²) in [6.45, 7) is 1.27. The molecule has 1 heterocycles. The second-order valence-electron chi connectivity index (χ2n) is 5.56. The Morgan fingerprint density at radius 2 is 1.95 bits per heavy atom. The molecule has 20 heavy (non-hydrogen) atoms. The van der Waals surface area contributed by atoms with Gasteiger partial charge in [0.15, 0.2) is 11.5 Å². The van der Waals surface area contributed by atoms with Crippen LogP contribution in [0.5, 0.6) is 17.2 Å². The standard InChI is InChI=1S/C15H21NO4/c1-16-8-11-6-13-14(20-10-19-13)7-12(11)18-9-15(17)4-2-3-5-15/h6-7,16-17H,2-5,8-10H2,1H3. The Bertz CT molecular complexity index is 483. The molecule has 0 spiro atoms. The first-order valence-corrected chi connectivity index (χ1v) is 7.12. The maximum Gasteiger partial charge on any atom is 0.231 e. The first-order chi connectivity index (χ1) is 9.70. The van der Waals surface area contributed by atoms with E-state index in [0.717, 1.165) is 42.7 Å². The molecule has 1 fully saturated rings. The fourth-order valence-corrected chi connectivity index (χ4v) is 2.82. The van der Waals surface area contributed by atoms with Crippen LogP contribution in [0.4, 0.5) is 0 Å². The van der Waals surface area contributed by atoms with Crippen molar-refractivity contribution in [1.82, 2.24) is 5.32 Å². The van der Waals surface area contributed by atoms with E-state index in [4.69, 9.17) is 14.2 Å². The van der Waals surface area contributed by atoms with Crippen molar-refractivity contribution in [1.29, 1.82) is 0 Å². The van der Waals surface area contributed by atoms with Crippen LogP contribution in [0.1, 0.15) is 31.2 Å². The summed E-state index contributed by atoms with van der Waals surface area (Å²) >= 11 is 0. The molecule has 1 aromatic carbocycles. The van der Waals surface area contributed by atoms with E-state index in [9.17, 15) is 5.11 Å². The van der Waals surface area contributed by atoms with Gasteiger partial charge in [-0.05, 0) is 26.0 Å². The van der Waals surface area contributed by atoms with Crippen LogP contribution in [-0.4, -0.2) is 31.2 Å². The third kappa shape index (κ3) is 2.69. The van der Waals surface area contributed by atoms with Gasteiger partial charge in [-0.25, -0.2) is 0 Å². The summed E-state index contributed by atoms with van der Waals surface area (Å²) in [4.78, 5) is 0. The molecule has 1 aliphatic carbocycles. The molecule has 5 heteroatoms. The SMILES string of the molecule is CNCc1cc2c(cc1OCC1(O)CCCC1)OCO2. The van der Waals surface area contributed by atoms with Gasteiger partial charge in [-0.3, -0.25) is 0 Å². The molecular weight excluding hydrogens is 258 g/mol. The van der Waals surface area contributed by atoms with Gasteiger partial charge >= 0.3 is 0 Å². The smallest absolute Gasteiger partial charge is 0.231 e. The fraction of sp³-hybridized carbons (Fsp3) is 0.600. The van der Waals surface area contributed by atoms with Crippen LogP contribution in [0, 0.1) is 0 Å². The molecule has 0 radical (unpaired) electrons. The molecule has 0 aromatic heterocycles. The Hall–Kier alpha value is -1.46. The van der Waals surface area contributed by atoms with Gasteiger partial charge in [-0.15, -0.1) is 0 Å². The van der Waals surface area contributed by atoms with Crippen molar-refractivity contribution in [2.75, 3.05) is 20.4 Å². The van der Waals surface area contributed by atoms with E-state index in [1.165, 1.54) is 0 Å². The van der Waals surface area contributed by atoms with Gasteiger partial charge in [-0.1, -0.05) is 12.8 Å². The summed E-state index contributed by atoms with van der Waals surface area (Å²) in [5.41, 5.74) is 0.339. The third-order valence-corrected chi connectivity index (χ3v) is 3.95. The normalized spacial score (nSPS) is 19.3. The summed E-state index contributed by atoms with van der Waals surface area (Å²) in [5.74, 6) is 2.21. The Morgan fingerprint density at radius 1 is 1.25 bits per heavy atom. The monoisotopic (exact) mass is 279 g/mol. The number of aliphatic hydroxyl groups is 1. The van der Waals surface area contributed by atoms with Crippen molar-refractivity contribution < 1.29 is 19.3 Å². The molecule has 3 rings (SSSR count). The highest BCUT2D eigenvalue weighted by molar-refractivity contribution is 5.51. The van der Waals surface area contributed by atoms with Crippen LogP contribution in [-0.2, 0) is 6.54 Å². The van der Waals surface area contributed by atoms with Crippen molar-refractivity contribution in [3.8, 4) is 17.2 Å². The molecule has 1 aromatic rings. The zero-order chi connectivity index (χ0) is 14.0. The number of fused-ring (bicyclic) bond motifs is 1. The first kappa shape index (κ1) is 13.5. The molecule has 110 valence electrons. The summed E-state index contributed by atoms with van der Waals surface area (Å²) in [7, 11) is 1.89. The molecule has 0 atom stereocenters. The molecule has 1 aliphatic heterocycles. The van der Waals surface area contributed by atoms with E-state index in [0.29, 0.717) is 18.9 Å². The minimum Gasteiger partial charge on any atom is -0.490 e. The van der Waals surface area contributed by atoms with Crippen LogP contribution in [0.15, 0.2) is 12.1 Å². The van der Waals surface area contributed by atoms with Gasteiger partial charge in [0, 0.05) is 18.2 Å². The van der Waals surface area contributed by atoms with Crippen LogP contribution in [0.2, 0.25) is 0 Å². The molecule has 5 nitrogen and oxygen atoms in total. The number of ether oxygens (including phenoxy) is 3. The number of hydrogen-bond donors (Lipinski definition) is 2. The van der Waals surface area contributed by atoms with E-state index in [1.807, 2.05) is 19.2 Å². The fourth-order valence-electron chi connectivity index (χ4n) is 2.82. The van der Waals surface area contributed by atoms with Crippen LogP contribution >= 0.6 is 0 Å². The van der Waals surface area contributed by atoms with Gasteiger partial charge in [-0.2, -0.15) is 0 Å². The van der Waals surface area contributed by atoms with Gasteiger partial charge in [0.1, 0.15) is 12.4 Å². The van der Waals surface area contributed by atoms with Crippen molar-refractivity contribution in [3.05, 3.63) is 17.7 Å². The number of hydrogen-bond acceptors (Lipinski definition) is 5. The van der Waals surface area contributed by atoms with Crippen molar-refractivity contribution >= 4 is 0 Å². The van der Waals surface area contributed by atoms with Crippen LogP contribution in [0.3, 0.4) is 0 Å². The molecule has 2 aliphatic rings. The van der Waals surface area contributed by atoms with Crippen LogP contribution in [0.25, 0.3) is 0 Å². The summed E-state index contributed by atoms with van der Waals surface area (Å²) in [5, 5.41) is 13.5. The lowest BCUT2D eigenvalue weighted by Gasteiger charge is -2.23. The maximum absolute atomic E-state index is 10.4. The minimum absolute atomic E-state index is 0.252. The predicted molar refractivity (Wildman–Crippen MR) is 74.2 cm³/mol. The molecule has 0 bridgehead atoms. The van der Waals surface area contributed by atoms with Crippen molar-refractivity contribution in [2.24, 2.45) is 0 Å². The average molecular weight is 279 g/mol. The lowest BCUT2D eigenvalue weighted by molar-refractivity contribution is 0.00107. The van der Waals surface area contributed by atoms with E-state index in [1.54, 1.807) is 0 Å². The molecule has 1 saturated carbocycles. The quantitative estimate of drug-likeness (QED) is 0.861. The number of nitrogens with one attached hydrogen (secondary N) is 1. The molecule has 0 amide bonds. The topological polar surface area (TPSA) is 60.0 Å². The zero-order valence-electron chi connectivity index (χ0n) is 11.8. The van der Waals surface area contributed by atoms with Crippen LogP contribution < -0.4 is 19.5 Å². The predicted octanol–water partition coefficient (Wildman–Crippen LogP) is 1.82. The van der Waals surface area contributed by atoms with E-state index in [2.05, 4.69) is 5.32 Å². The summed E-state index contributed by atoms with van der Waals surface area (Å²) < 4.78 is 16.6. The minimum atomic E-state index is -0.673. The first-order valence-electron chi connectivity index (χ1n) is 7.12. The highest BCUT2D eigenvalue weighted by atomic mass is 16.7. The Kier molecular flexibility index (Phi) is 3.72. The number of rotatable bonds is 5. The Balaban J connectivity index is 1.77. The van der Waals surface area contributed by atoms with Crippen molar-refractivity contribution in [2.45, 2.75) is 37.8 Å². The van der Waals surface area contributed by atoms with E-state index in [-0.39, 0.29) is 6.79 Å². The summed E-state index contributed by atoms with van der Waals surface area (Å²) in [6.07, 6.45) is 3.78. The largest absolute Gasteiger partial charge is 0.490 e. The molecule has 0 saturated heterocycles. The lowest BCUT2D eigenvalue weighted by Crippen LogP contribution is -2.32.